The summed E-state index contributed by atoms with van der Waals surface area (Å²) in [6.07, 6.45) is 2.70. The maximum atomic E-state index is 12.2. The quantitative estimate of drug-likeness (QED) is 0.249. The van der Waals surface area contributed by atoms with Crippen molar-refractivity contribution in [2.75, 3.05) is 23.8 Å². The van der Waals surface area contributed by atoms with E-state index in [1.807, 2.05) is 0 Å². The topological polar surface area (TPSA) is 158 Å². The minimum atomic E-state index is -0.916. The molecule has 0 spiro atoms. The lowest BCUT2D eigenvalue weighted by molar-refractivity contribution is -0.138. The van der Waals surface area contributed by atoms with Gasteiger partial charge in [-0.15, -0.1) is 0 Å². The van der Waals surface area contributed by atoms with Crippen LogP contribution in [0.3, 0.4) is 0 Å². The molecule has 0 aliphatic heterocycles. The molecule has 0 radical (unpaired) electrons. The van der Waals surface area contributed by atoms with Crippen LogP contribution in [0.5, 0.6) is 0 Å². The first-order valence-electron chi connectivity index (χ1n) is 10.7. The third-order valence-electron chi connectivity index (χ3n) is 4.40. The number of carbonyl (C=O) groups is 4. The van der Waals surface area contributed by atoms with Gasteiger partial charge in [-0.25, -0.2) is 9.59 Å². The largest absolute Gasteiger partial charge is 0.462 e. The van der Waals surface area contributed by atoms with E-state index < -0.39 is 23.8 Å². The molecule has 0 saturated carbocycles. The zero-order chi connectivity index (χ0) is 26.5. The van der Waals surface area contributed by atoms with Crippen molar-refractivity contribution < 1.29 is 28.7 Å². The number of hydrogen-bond acceptors (Lipinski definition) is 8. The number of benzene rings is 2. The van der Waals surface area contributed by atoms with Crippen molar-refractivity contribution in [2.45, 2.75) is 13.8 Å². The fraction of sp³-hybridized carbons (Fsp3) is 0.154. The van der Waals surface area contributed by atoms with Gasteiger partial charge < -0.3 is 20.1 Å². The summed E-state index contributed by atoms with van der Waals surface area (Å²) in [7, 11) is 0. The Bertz CT molecular complexity index is 1180. The maximum absolute atomic E-state index is 12.2. The molecule has 2 amide bonds. The Balaban J connectivity index is 2.00. The van der Waals surface area contributed by atoms with Gasteiger partial charge in [0.25, 0.3) is 0 Å². The van der Waals surface area contributed by atoms with E-state index in [1.54, 1.807) is 50.3 Å². The van der Waals surface area contributed by atoms with E-state index in [4.69, 9.17) is 20.0 Å². The molecule has 2 rings (SSSR count). The van der Waals surface area contributed by atoms with Crippen LogP contribution >= 0.6 is 0 Å². The van der Waals surface area contributed by atoms with E-state index in [2.05, 4.69) is 10.6 Å². The van der Waals surface area contributed by atoms with Gasteiger partial charge in [-0.1, -0.05) is 24.3 Å². The van der Waals surface area contributed by atoms with Gasteiger partial charge in [-0.05, 0) is 61.4 Å². The van der Waals surface area contributed by atoms with Gasteiger partial charge in [-0.3, -0.25) is 9.59 Å². The number of ether oxygens (including phenoxy) is 2. The molecule has 10 nitrogen and oxygen atoms in total. The number of anilines is 2. The Morgan fingerprint density at radius 1 is 0.694 bits per heavy atom. The number of nitriles is 2. The van der Waals surface area contributed by atoms with Gasteiger partial charge in [0.2, 0.25) is 0 Å². The van der Waals surface area contributed by atoms with Crippen LogP contribution in [0.4, 0.5) is 11.4 Å². The molecule has 0 bridgehead atoms. The zero-order valence-corrected chi connectivity index (χ0v) is 19.5. The molecule has 182 valence electrons. The highest BCUT2D eigenvalue weighted by Crippen LogP contribution is 2.15. The highest BCUT2D eigenvalue weighted by molar-refractivity contribution is 6.43. The van der Waals surface area contributed by atoms with E-state index in [9.17, 15) is 19.2 Å². The van der Waals surface area contributed by atoms with E-state index in [0.29, 0.717) is 22.5 Å². The van der Waals surface area contributed by atoms with Crippen LogP contribution in [-0.2, 0) is 28.7 Å². The summed E-state index contributed by atoms with van der Waals surface area (Å²) in [6.45, 7) is 3.55. The number of rotatable bonds is 8. The minimum Gasteiger partial charge on any atom is -0.462 e. The summed E-state index contributed by atoms with van der Waals surface area (Å²) >= 11 is 0. The lowest BCUT2D eigenvalue weighted by atomic mass is 10.1. The first-order chi connectivity index (χ1) is 17.3. The fourth-order valence-electron chi connectivity index (χ4n) is 2.73. The number of esters is 2. The second kappa shape index (κ2) is 13.5. The standard InChI is InChI=1S/C26H22N4O6/c1-3-35-25(33)19(15-27)13-17-5-9-21(10-6-17)29-23(31)24(32)30-22-11-7-18(8-12-22)14-20(16-28)26(34)36-4-2/h5-14H,3-4H2,1-2H3,(H,29,31)(H,30,32)/b19-13+,20-14+. The summed E-state index contributed by atoms with van der Waals surface area (Å²) in [5, 5.41) is 23.1. The number of amides is 2. The molecule has 0 aliphatic rings. The summed E-state index contributed by atoms with van der Waals surface area (Å²) in [4.78, 5) is 47.9. The molecular weight excluding hydrogens is 464 g/mol. The predicted molar refractivity (Wildman–Crippen MR) is 131 cm³/mol. The summed E-state index contributed by atoms with van der Waals surface area (Å²) < 4.78 is 9.60. The normalized spacial score (nSPS) is 10.9. The monoisotopic (exact) mass is 486 g/mol. The Kier molecular flexibility index (Phi) is 10.1. The number of nitrogens with one attached hydrogen (secondary N) is 2. The van der Waals surface area contributed by atoms with E-state index in [1.165, 1.54) is 36.4 Å². The van der Waals surface area contributed by atoms with E-state index >= 15 is 0 Å². The third-order valence-corrected chi connectivity index (χ3v) is 4.40. The molecule has 36 heavy (non-hydrogen) atoms. The molecule has 0 aliphatic carbocycles. The molecular formula is C26H22N4O6. The predicted octanol–water partition coefficient (Wildman–Crippen LogP) is 3.20. The van der Waals surface area contributed by atoms with Crippen molar-refractivity contribution in [1.82, 2.24) is 0 Å². The van der Waals surface area contributed by atoms with Crippen LogP contribution in [0.15, 0.2) is 59.7 Å². The van der Waals surface area contributed by atoms with Gasteiger partial charge in [-0.2, -0.15) is 10.5 Å². The van der Waals surface area contributed by atoms with Crippen molar-refractivity contribution in [2.24, 2.45) is 0 Å². The van der Waals surface area contributed by atoms with Crippen molar-refractivity contribution in [1.29, 1.82) is 10.5 Å². The Labute approximate surface area is 207 Å². The average Bonchev–Trinajstić information content (AvgIpc) is 2.87. The van der Waals surface area contributed by atoms with Crippen molar-refractivity contribution in [3.05, 3.63) is 70.8 Å². The molecule has 2 aromatic rings. The van der Waals surface area contributed by atoms with Crippen LogP contribution in [0.25, 0.3) is 12.2 Å². The van der Waals surface area contributed by atoms with Crippen LogP contribution in [0.2, 0.25) is 0 Å². The fourth-order valence-corrected chi connectivity index (χ4v) is 2.73. The second-order valence-corrected chi connectivity index (χ2v) is 6.93. The lowest BCUT2D eigenvalue weighted by Gasteiger charge is -2.07. The van der Waals surface area contributed by atoms with Gasteiger partial charge >= 0.3 is 23.8 Å². The smallest absolute Gasteiger partial charge is 0.348 e. The SMILES string of the molecule is CCOC(=O)/C(C#N)=C/c1ccc(NC(=O)C(=O)Nc2ccc(/C=C(\C#N)C(=O)OCC)cc2)cc1. The average molecular weight is 486 g/mol. The molecule has 0 heterocycles. The van der Waals surface area contributed by atoms with Crippen LogP contribution in [0.1, 0.15) is 25.0 Å². The molecule has 0 aromatic heterocycles. The van der Waals surface area contributed by atoms with Crippen molar-refractivity contribution >= 4 is 47.3 Å². The summed E-state index contributed by atoms with van der Waals surface area (Å²) in [5.41, 5.74) is 1.37. The molecule has 0 saturated heterocycles. The lowest BCUT2D eigenvalue weighted by Crippen LogP contribution is -2.29. The molecule has 0 unspecified atom stereocenters. The first-order valence-corrected chi connectivity index (χ1v) is 10.7. The van der Waals surface area contributed by atoms with Crippen LogP contribution in [0, 0.1) is 22.7 Å². The highest BCUT2D eigenvalue weighted by atomic mass is 16.5. The molecule has 2 aromatic carbocycles. The molecule has 2 N–H and O–H groups in total. The highest BCUT2D eigenvalue weighted by Gasteiger charge is 2.15. The van der Waals surface area contributed by atoms with Gasteiger partial charge in [0.15, 0.2) is 0 Å². The Hall–Kier alpha value is -5.22. The first kappa shape index (κ1) is 27.0. The molecule has 0 fully saturated rings. The number of hydrogen-bond donors (Lipinski definition) is 2. The third kappa shape index (κ3) is 7.97. The Morgan fingerprint density at radius 3 is 1.31 bits per heavy atom. The van der Waals surface area contributed by atoms with E-state index in [-0.39, 0.29) is 24.4 Å². The van der Waals surface area contributed by atoms with Gasteiger partial charge in [0.1, 0.15) is 23.3 Å². The summed E-state index contributed by atoms with van der Waals surface area (Å²) in [6, 6.07) is 15.8. The van der Waals surface area contributed by atoms with Crippen LogP contribution < -0.4 is 10.6 Å². The van der Waals surface area contributed by atoms with E-state index in [0.717, 1.165) is 0 Å². The summed E-state index contributed by atoms with van der Waals surface area (Å²) in [5.74, 6) is -3.30. The van der Waals surface area contributed by atoms with Crippen molar-refractivity contribution in [3.8, 4) is 12.1 Å². The van der Waals surface area contributed by atoms with Gasteiger partial charge in [0, 0.05) is 11.4 Å². The van der Waals surface area contributed by atoms with Crippen molar-refractivity contribution in [3.63, 3.8) is 0 Å². The minimum absolute atomic E-state index is 0.143. The molecule has 10 heteroatoms. The molecule has 0 atom stereocenters. The Morgan fingerprint density at radius 2 is 1.03 bits per heavy atom. The zero-order valence-electron chi connectivity index (χ0n) is 19.5. The van der Waals surface area contributed by atoms with Crippen LogP contribution in [-0.4, -0.2) is 37.0 Å². The number of carbonyl (C=O) groups excluding carboxylic acids is 4. The van der Waals surface area contributed by atoms with Gasteiger partial charge in [0.05, 0.1) is 13.2 Å². The number of nitrogens with zero attached hydrogens (tertiary/aromatic N) is 2. The maximum Gasteiger partial charge on any atom is 0.348 e. The second-order valence-electron chi connectivity index (χ2n) is 6.93.